The molecule has 0 fully saturated rings. The molecule has 7 heteroatoms. The summed E-state index contributed by atoms with van der Waals surface area (Å²) in [6, 6.07) is 0. The van der Waals surface area contributed by atoms with Crippen molar-refractivity contribution in [1.82, 2.24) is 4.98 Å². The quantitative estimate of drug-likeness (QED) is 0.411. The van der Waals surface area contributed by atoms with Crippen LogP contribution in [0, 0.1) is 13.8 Å². The van der Waals surface area contributed by atoms with Gasteiger partial charge in [-0.05, 0) is 116 Å². The average molecular weight is 562 g/mol. The first-order valence-corrected chi connectivity index (χ1v) is 13.3. The van der Waals surface area contributed by atoms with Crippen LogP contribution >= 0.6 is 0 Å². The van der Waals surface area contributed by atoms with Crippen LogP contribution in [0.15, 0.2) is 97.3 Å². The first kappa shape index (κ1) is 33.3. The molecule has 0 unspecified atom stereocenters. The minimum Gasteiger partial charge on any atom is -0.550 e. The fourth-order valence-corrected chi connectivity index (χ4v) is 5.85. The third-order valence-electron chi connectivity index (χ3n) is 8.18. The Labute approximate surface area is 287 Å². The molecule has 4 aliphatic rings. The number of allylic oxidation sites excluding steroid dienone is 10. The number of carbonyl (C=O) groups excluding carboxylic acids is 1. The Kier molecular flexibility index (Phi) is 10.8. The van der Waals surface area contributed by atoms with Crippen molar-refractivity contribution in [3.63, 3.8) is 0 Å². The Morgan fingerprint density at radius 1 is 0.902 bits per heavy atom. The fraction of sp³-hybridized carbons (Fsp3) is 0.235. The molecule has 8 bridgehead atoms. The molecule has 41 heavy (non-hydrogen) atoms. The van der Waals surface area contributed by atoms with Crippen LogP contribution in [-0.4, -0.2) is 22.4 Å². The number of rotatable bonds is 6. The van der Waals surface area contributed by atoms with Gasteiger partial charge < -0.3 is 21.8 Å². The van der Waals surface area contributed by atoms with Gasteiger partial charge in [-0.15, -0.1) is 0 Å². The van der Waals surface area contributed by atoms with Crippen molar-refractivity contribution >= 4 is 35.6 Å². The minimum atomic E-state index is -1.05. The van der Waals surface area contributed by atoms with Gasteiger partial charge in [0.05, 0.1) is 22.8 Å². The fourth-order valence-electron chi connectivity index (χ4n) is 5.85. The van der Waals surface area contributed by atoms with Crippen molar-refractivity contribution in [3.8, 4) is 0 Å². The molecular weight excluding hydrogens is 528 g/mol. The third-order valence-corrected chi connectivity index (χ3v) is 8.18. The number of aromatic nitrogens is 1. The smallest absolute Gasteiger partial charge is 0.550 e. The number of carbonyl (C=O) groups is 1. The Morgan fingerprint density at radius 3 is 2.24 bits per heavy atom. The minimum absolute atomic E-state index is 0. The number of H-pyrrole nitrogens is 1. The molecule has 0 atom stereocenters. The number of fused-ring (bicyclic) bond motifs is 6. The predicted octanol–water partition coefficient (Wildman–Crippen LogP) is 0.725. The molecule has 1 aromatic rings. The molecule has 198 valence electrons. The van der Waals surface area contributed by atoms with Crippen LogP contribution in [0.4, 0.5) is 0 Å². The maximum absolute atomic E-state index is 11.4. The molecule has 1 aliphatic carbocycles. The molecule has 5 nitrogen and oxygen atoms in total. The number of aliphatic carboxylic acids is 1. The van der Waals surface area contributed by atoms with Crippen molar-refractivity contribution in [2.45, 2.75) is 53.4 Å². The van der Waals surface area contributed by atoms with Gasteiger partial charge in [0.2, 0.25) is 0 Å². The van der Waals surface area contributed by atoms with Crippen LogP contribution in [0.2, 0.25) is 0 Å². The van der Waals surface area contributed by atoms with E-state index in [2.05, 4.69) is 71.0 Å². The number of nitrogens with one attached hydrogen (secondary N) is 1. The number of hydrogen-bond donors (Lipinski definition) is 1. The number of aromatic amines is 1. The monoisotopic (exact) mass is 561 g/mol. The van der Waals surface area contributed by atoms with Crippen LogP contribution in [0.5, 0.6) is 0 Å². The molecule has 0 saturated heterocycles. The molecule has 1 aromatic heterocycles. The standard InChI is InChI=1S/C34H34N3O2.2Na/c1-8-24-20(6)30-17-33-26(10-3)21(7)29(37-33)16-28-19(5)25(9-2)32(35-28)15-23-13-22(14-31(24)36-30)18(4)27(23)11-12-34(38)39;;/h8,10,14-17,36H,1-3,9,11-13H2,4-7H3,(H,38,39);;/q-1;2*+1/p-1. The van der Waals surface area contributed by atoms with E-state index in [1.54, 1.807) is 0 Å². The van der Waals surface area contributed by atoms with Gasteiger partial charge in [-0.3, -0.25) is 0 Å². The molecule has 0 spiro atoms. The summed E-state index contributed by atoms with van der Waals surface area (Å²) < 4.78 is 0. The van der Waals surface area contributed by atoms with E-state index in [1.165, 1.54) is 0 Å². The van der Waals surface area contributed by atoms with Gasteiger partial charge in [-0.2, -0.15) is 6.42 Å². The SMILES string of the molecule is C=CC1=C(C)C2=NC1=Cc1[nH]c(c(C=C)c1C)C=C1CC(=CC3=NC(=C2)C(C)=C3C[CH2-])C(CCC(=O)[O-])=C1C.[Na+].[Na+]. The molecule has 0 aromatic carbocycles. The Morgan fingerprint density at radius 2 is 1.61 bits per heavy atom. The van der Waals surface area contributed by atoms with E-state index in [9.17, 15) is 9.90 Å². The van der Waals surface area contributed by atoms with E-state index in [0.29, 0.717) is 19.3 Å². The van der Waals surface area contributed by atoms with Gasteiger partial charge in [0.1, 0.15) is 0 Å². The van der Waals surface area contributed by atoms with Gasteiger partial charge in [0.15, 0.2) is 0 Å². The van der Waals surface area contributed by atoms with Crippen molar-refractivity contribution in [2.75, 3.05) is 0 Å². The maximum Gasteiger partial charge on any atom is 1.00 e. The van der Waals surface area contributed by atoms with Gasteiger partial charge in [0, 0.05) is 28.5 Å². The summed E-state index contributed by atoms with van der Waals surface area (Å²) in [4.78, 5) is 25.0. The van der Waals surface area contributed by atoms with E-state index in [4.69, 9.17) is 9.98 Å². The maximum atomic E-state index is 11.4. The number of aliphatic imine (C=N–C) groups is 2. The number of carboxylic acid groups (broad SMARTS) is 1. The zero-order chi connectivity index (χ0) is 28.0. The van der Waals surface area contributed by atoms with E-state index >= 15 is 0 Å². The zero-order valence-corrected chi connectivity index (χ0v) is 29.1. The van der Waals surface area contributed by atoms with Gasteiger partial charge >= 0.3 is 59.1 Å². The van der Waals surface area contributed by atoms with Crippen LogP contribution < -0.4 is 64.2 Å². The van der Waals surface area contributed by atoms with Crippen molar-refractivity contribution in [2.24, 2.45) is 9.98 Å². The molecular formula is C34H33N3Na2O2. The summed E-state index contributed by atoms with van der Waals surface area (Å²) in [5.74, 6) is -1.05. The van der Waals surface area contributed by atoms with Gasteiger partial charge in [0.25, 0.3) is 0 Å². The second-order valence-electron chi connectivity index (χ2n) is 10.3. The second kappa shape index (κ2) is 13.4. The summed E-state index contributed by atoms with van der Waals surface area (Å²) in [7, 11) is 0. The normalized spacial score (nSPS) is 17.7. The van der Waals surface area contributed by atoms with Crippen LogP contribution in [0.1, 0.15) is 69.0 Å². The molecule has 0 saturated carbocycles. The molecule has 3 aliphatic heterocycles. The Bertz CT molecular complexity index is 1650. The van der Waals surface area contributed by atoms with Crippen LogP contribution in [-0.2, 0) is 4.79 Å². The van der Waals surface area contributed by atoms with Gasteiger partial charge in [-0.25, -0.2) is 9.98 Å². The first-order chi connectivity index (χ1) is 18.7. The number of nitrogens with zero attached hydrogens (tertiary/aromatic N) is 2. The topological polar surface area (TPSA) is 80.6 Å². The van der Waals surface area contributed by atoms with Crippen molar-refractivity contribution in [3.05, 3.63) is 117 Å². The summed E-state index contributed by atoms with van der Waals surface area (Å²) in [6.07, 6.45) is 13.8. The van der Waals surface area contributed by atoms with E-state index in [-0.39, 0.29) is 65.5 Å². The van der Waals surface area contributed by atoms with E-state index in [1.807, 2.05) is 18.2 Å². The van der Waals surface area contributed by atoms with Crippen molar-refractivity contribution < 1.29 is 69.0 Å². The largest absolute Gasteiger partial charge is 1.00 e. The van der Waals surface area contributed by atoms with Gasteiger partial charge in [-0.1, -0.05) is 25.3 Å². The summed E-state index contributed by atoms with van der Waals surface area (Å²) in [5, 5.41) is 11.4. The van der Waals surface area contributed by atoms with E-state index in [0.717, 1.165) is 89.9 Å². The third kappa shape index (κ3) is 6.13. The second-order valence-corrected chi connectivity index (χ2v) is 10.3. The van der Waals surface area contributed by atoms with E-state index < -0.39 is 5.97 Å². The average Bonchev–Trinajstić information content (AvgIpc) is 3.55. The van der Waals surface area contributed by atoms with Crippen molar-refractivity contribution in [1.29, 1.82) is 0 Å². The predicted molar refractivity (Wildman–Crippen MR) is 160 cm³/mol. The molecule has 5 rings (SSSR count). The summed E-state index contributed by atoms with van der Waals surface area (Å²) in [5.41, 5.74) is 16.1. The summed E-state index contributed by atoms with van der Waals surface area (Å²) in [6.45, 7) is 20.6. The molecule has 4 heterocycles. The zero-order valence-electron chi connectivity index (χ0n) is 25.1. The Hall–Kier alpha value is -2.25. The summed E-state index contributed by atoms with van der Waals surface area (Å²) >= 11 is 0. The first-order valence-electron chi connectivity index (χ1n) is 13.3. The molecule has 0 amide bonds. The van der Waals surface area contributed by atoms with Crippen LogP contribution in [0.3, 0.4) is 0 Å². The number of hydrogen-bond acceptors (Lipinski definition) is 4. The molecule has 1 N–H and O–H groups in total. The molecule has 0 radical (unpaired) electrons. The number of carboxylic acids is 1. The van der Waals surface area contributed by atoms with Crippen LogP contribution in [0.25, 0.3) is 18.2 Å². The Balaban J connectivity index is 0.00000231.